The predicted octanol–water partition coefficient (Wildman–Crippen LogP) is 1.60. The van der Waals surface area contributed by atoms with E-state index in [-0.39, 0.29) is 11.3 Å². The number of carbonyl (C=O) groups is 1. The van der Waals surface area contributed by atoms with Gasteiger partial charge >= 0.3 is 5.97 Å². The number of nitrogens with zero attached hydrogens (tertiary/aromatic N) is 2. The van der Waals surface area contributed by atoms with Gasteiger partial charge in [-0.3, -0.25) is 0 Å². The second kappa shape index (κ2) is 4.61. The first-order chi connectivity index (χ1) is 8.09. The zero-order valence-electron chi connectivity index (χ0n) is 9.89. The fourth-order valence-corrected chi connectivity index (χ4v) is 2.10. The average molecular weight is 235 g/mol. The van der Waals surface area contributed by atoms with Gasteiger partial charge in [0, 0.05) is 19.8 Å². The molecule has 1 aliphatic carbocycles. The minimum atomic E-state index is -1.01. The summed E-state index contributed by atoms with van der Waals surface area (Å²) < 4.78 is 0. The molecule has 2 rings (SSSR count). The highest BCUT2D eigenvalue weighted by Gasteiger charge is 2.21. The van der Waals surface area contributed by atoms with Crippen LogP contribution in [0.5, 0.6) is 0 Å². The lowest BCUT2D eigenvalue weighted by Gasteiger charge is -2.31. The molecule has 0 spiro atoms. The predicted molar refractivity (Wildman–Crippen MR) is 66.2 cm³/mol. The Labute approximate surface area is 100 Å². The van der Waals surface area contributed by atoms with Crippen molar-refractivity contribution in [3.63, 3.8) is 0 Å². The number of rotatable bonds is 4. The summed E-state index contributed by atoms with van der Waals surface area (Å²) in [5, 5.41) is 8.98. The molecule has 3 N–H and O–H groups in total. The summed E-state index contributed by atoms with van der Waals surface area (Å²) >= 11 is 0. The van der Waals surface area contributed by atoms with Gasteiger partial charge in [0.15, 0.2) is 5.82 Å². The molecule has 0 aromatic carbocycles. The first-order valence-electron chi connectivity index (χ1n) is 5.78. The SMILES string of the molecule is CN(CC1CCC1)c1nccc(C(=O)O)c1N. The van der Waals surface area contributed by atoms with Crippen molar-refractivity contribution in [2.24, 2.45) is 5.92 Å². The summed E-state index contributed by atoms with van der Waals surface area (Å²) in [6.07, 6.45) is 5.26. The standard InChI is InChI=1S/C12H17N3O2/c1-15(7-8-3-2-4-8)11-10(13)9(12(16)17)5-6-14-11/h5-6,8H,2-4,7,13H2,1H3,(H,16,17). The molecule has 0 amide bonds. The van der Waals surface area contributed by atoms with Crippen LogP contribution < -0.4 is 10.6 Å². The van der Waals surface area contributed by atoms with Crippen molar-refractivity contribution < 1.29 is 9.90 Å². The van der Waals surface area contributed by atoms with Gasteiger partial charge in [-0.1, -0.05) is 6.42 Å². The molecule has 0 saturated heterocycles. The Bertz CT molecular complexity index is 430. The number of pyridine rings is 1. The molecule has 1 saturated carbocycles. The van der Waals surface area contributed by atoms with Gasteiger partial charge in [-0.05, 0) is 24.8 Å². The van der Waals surface area contributed by atoms with Crippen LogP contribution >= 0.6 is 0 Å². The molecule has 1 aliphatic rings. The molecule has 5 nitrogen and oxygen atoms in total. The maximum Gasteiger partial charge on any atom is 0.337 e. The molecule has 0 unspecified atom stereocenters. The number of aromatic carboxylic acids is 1. The van der Waals surface area contributed by atoms with Gasteiger partial charge in [0.25, 0.3) is 0 Å². The summed E-state index contributed by atoms with van der Waals surface area (Å²) in [6.45, 7) is 0.889. The fourth-order valence-electron chi connectivity index (χ4n) is 2.10. The van der Waals surface area contributed by atoms with E-state index < -0.39 is 5.97 Å². The molecule has 1 fully saturated rings. The number of aromatic nitrogens is 1. The van der Waals surface area contributed by atoms with E-state index in [0.717, 1.165) is 6.54 Å². The molecule has 17 heavy (non-hydrogen) atoms. The molecule has 0 radical (unpaired) electrons. The number of nitrogens with two attached hydrogens (primary N) is 1. The van der Waals surface area contributed by atoms with Crippen molar-refractivity contribution in [2.45, 2.75) is 19.3 Å². The molecule has 1 aromatic heterocycles. The third-order valence-electron chi connectivity index (χ3n) is 3.32. The van der Waals surface area contributed by atoms with Crippen LogP contribution in [0.2, 0.25) is 0 Å². The van der Waals surface area contributed by atoms with E-state index in [1.165, 1.54) is 31.5 Å². The van der Waals surface area contributed by atoms with Crippen molar-refractivity contribution in [3.8, 4) is 0 Å². The van der Waals surface area contributed by atoms with Crippen LogP contribution in [0, 0.1) is 5.92 Å². The molecule has 1 aromatic rings. The number of anilines is 2. The second-order valence-electron chi connectivity index (χ2n) is 4.58. The van der Waals surface area contributed by atoms with E-state index in [1.54, 1.807) is 0 Å². The Morgan fingerprint density at radius 2 is 2.35 bits per heavy atom. The maximum atomic E-state index is 11.0. The normalized spacial score (nSPS) is 15.4. The Morgan fingerprint density at radius 1 is 1.65 bits per heavy atom. The number of hydrogen-bond donors (Lipinski definition) is 2. The molecule has 5 heteroatoms. The first-order valence-corrected chi connectivity index (χ1v) is 5.78. The fraction of sp³-hybridized carbons (Fsp3) is 0.500. The lowest BCUT2D eigenvalue weighted by Crippen LogP contribution is -2.30. The van der Waals surface area contributed by atoms with Crippen LogP contribution in [0.3, 0.4) is 0 Å². The summed E-state index contributed by atoms with van der Waals surface area (Å²) in [5.41, 5.74) is 6.21. The van der Waals surface area contributed by atoms with Gasteiger partial charge < -0.3 is 15.7 Å². The van der Waals surface area contributed by atoms with E-state index in [4.69, 9.17) is 10.8 Å². The van der Waals surface area contributed by atoms with Gasteiger partial charge in [0.1, 0.15) is 0 Å². The van der Waals surface area contributed by atoms with Crippen LogP contribution in [-0.2, 0) is 0 Å². The van der Waals surface area contributed by atoms with Crippen molar-refractivity contribution in [1.29, 1.82) is 0 Å². The minimum absolute atomic E-state index is 0.121. The smallest absolute Gasteiger partial charge is 0.337 e. The molecular weight excluding hydrogens is 218 g/mol. The Hall–Kier alpha value is -1.78. The Balaban J connectivity index is 2.18. The van der Waals surface area contributed by atoms with Gasteiger partial charge in [0.05, 0.1) is 11.3 Å². The van der Waals surface area contributed by atoms with Crippen molar-refractivity contribution in [3.05, 3.63) is 17.8 Å². The van der Waals surface area contributed by atoms with E-state index in [9.17, 15) is 4.79 Å². The van der Waals surface area contributed by atoms with E-state index in [0.29, 0.717) is 11.7 Å². The van der Waals surface area contributed by atoms with Crippen molar-refractivity contribution >= 4 is 17.5 Å². The maximum absolute atomic E-state index is 11.0. The summed E-state index contributed by atoms with van der Waals surface area (Å²) in [4.78, 5) is 17.1. The molecule has 1 heterocycles. The second-order valence-corrected chi connectivity index (χ2v) is 4.58. The van der Waals surface area contributed by atoms with Crippen LogP contribution in [0.15, 0.2) is 12.3 Å². The van der Waals surface area contributed by atoms with Crippen LogP contribution in [-0.4, -0.2) is 29.7 Å². The molecule has 0 bridgehead atoms. The van der Waals surface area contributed by atoms with Crippen molar-refractivity contribution in [1.82, 2.24) is 4.98 Å². The zero-order valence-corrected chi connectivity index (χ0v) is 9.89. The van der Waals surface area contributed by atoms with Crippen molar-refractivity contribution in [2.75, 3.05) is 24.2 Å². The molecule has 92 valence electrons. The highest BCUT2D eigenvalue weighted by atomic mass is 16.4. The molecule has 0 atom stereocenters. The van der Waals surface area contributed by atoms with Crippen LogP contribution in [0.4, 0.5) is 11.5 Å². The lowest BCUT2D eigenvalue weighted by atomic mass is 9.85. The Morgan fingerprint density at radius 3 is 2.88 bits per heavy atom. The molecular formula is C12H17N3O2. The largest absolute Gasteiger partial charge is 0.478 e. The quantitative estimate of drug-likeness (QED) is 0.828. The third-order valence-corrected chi connectivity index (χ3v) is 3.32. The lowest BCUT2D eigenvalue weighted by molar-refractivity contribution is 0.0698. The number of carboxylic acids is 1. The van der Waals surface area contributed by atoms with Gasteiger partial charge in [-0.25, -0.2) is 9.78 Å². The summed E-state index contributed by atoms with van der Waals surface area (Å²) in [6, 6.07) is 1.43. The van der Waals surface area contributed by atoms with E-state index in [2.05, 4.69) is 4.98 Å². The average Bonchev–Trinajstić information content (AvgIpc) is 2.23. The number of hydrogen-bond acceptors (Lipinski definition) is 4. The number of nitrogen functional groups attached to an aromatic ring is 1. The minimum Gasteiger partial charge on any atom is -0.478 e. The zero-order chi connectivity index (χ0) is 12.4. The highest BCUT2D eigenvalue weighted by Crippen LogP contribution is 2.30. The van der Waals surface area contributed by atoms with Gasteiger partial charge in [-0.2, -0.15) is 0 Å². The topological polar surface area (TPSA) is 79.5 Å². The highest BCUT2D eigenvalue weighted by molar-refractivity contribution is 5.96. The van der Waals surface area contributed by atoms with Crippen LogP contribution in [0.25, 0.3) is 0 Å². The first kappa shape index (κ1) is 11.7. The van der Waals surface area contributed by atoms with Gasteiger partial charge in [0.2, 0.25) is 0 Å². The Kier molecular flexibility index (Phi) is 3.17. The van der Waals surface area contributed by atoms with E-state index >= 15 is 0 Å². The third kappa shape index (κ3) is 2.33. The summed E-state index contributed by atoms with van der Waals surface area (Å²) in [5.74, 6) is 0.245. The monoisotopic (exact) mass is 235 g/mol. The van der Waals surface area contributed by atoms with Gasteiger partial charge in [-0.15, -0.1) is 0 Å². The van der Waals surface area contributed by atoms with Crippen LogP contribution in [0.1, 0.15) is 29.6 Å². The molecule has 0 aliphatic heterocycles. The van der Waals surface area contributed by atoms with E-state index in [1.807, 2.05) is 11.9 Å². The summed E-state index contributed by atoms with van der Waals surface area (Å²) in [7, 11) is 1.91. The number of carboxylic acid groups (broad SMARTS) is 1.